The van der Waals surface area contributed by atoms with Crippen LogP contribution >= 0.6 is 11.8 Å². The van der Waals surface area contributed by atoms with Gasteiger partial charge in [0.2, 0.25) is 15.9 Å². The second kappa shape index (κ2) is 11.5. The Balaban J connectivity index is 1.69. The van der Waals surface area contributed by atoms with Crippen molar-refractivity contribution in [2.75, 3.05) is 19.8 Å². The summed E-state index contributed by atoms with van der Waals surface area (Å²) in [6.45, 7) is 5.95. The molecule has 198 valence electrons. The Labute approximate surface area is 228 Å². The predicted molar refractivity (Wildman–Crippen MR) is 151 cm³/mol. The number of amides is 1. The van der Waals surface area contributed by atoms with Crippen molar-refractivity contribution < 1.29 is 13.2 Å². The van der Waals surface area contributed by atoms with Gasteiger partial charge in [-0.2, -0.15) is 0 Å². The molecule has 1 unspecified atom stereocenters. The lowest BCUT2D eigenvalue weighted by atomic mass is 10.1. The van der Waals surface area contributed by atoms with Crippen LogP contribution in [0.4, 0.5) is 0 Å². The Morgan fingerprint density at radius 3 is 2.29 bits per heavy atom. The van der Waals surface area contributed by atoms with Gasteiger partial charge in [0.1, 0.15) is 0 Å². The Kier molecular flexibility index (Phi) is 8.35. The van der Waals surface area contributed by atoms with Gasteiger partial charge in [0, 0.05) is 19.7 Å². The molecular weight excluding hydrogens is 518 g/mol. The number of carbonyl (C=O) groups excluding carboxylic acids is 1. The van der Waals surface area contributed by atoms with Gasteiger partial charge in [0.25, 0.3) is 0 Å². The van der Waals surface area contributed by atoms with Crippen LogP contribution in [-0.4, -0.2) is 53.2 Å². The van der Waals surface area contributed by atoms with E-state index in [0.29, 0.717) is 16.5 Å². The summed E-state index contributed by atoms with van der Waals surface area (Å²) in [5.74, 6) is 0.525. The van der Waals surface area contributed by atoms with E-state index in [1.54, 1.807) is 18.2 Å². The second-order valence-electron chi connectivity index (χ2n) is 9.19. The highest BCUT2D eigenvalue weighted by atomic mass is 32.2. The average Bonchev–Trinajstić information content (AvgIpc) is 3.31. The molecule has 4 rings (SSSR count). The van der Waals surface area contributed by atoms with Crippen LogP contribution in [0.2, 0.25) is 0 Å². The maximum Gasteiger partial charge on any atom is 0.242 e. The summed E-state index contributed by atoms with van der Waals surface area (Å²) in [6.07, 6.45) is 0. The van der Waals surface area contributed by atoms with Gasteiger partial charge in [-0.3, -0.25) is 9.36 Å². The molecule has 1 atom stereocenters. The third kappa shape index (κ3) is 5.82. The fraction of sp³-hybridized carbons (Fsp3) is 0.250. The number of hydrogen-bond donors (Lipinski definition) is 1. The third-order valence-corrected chi connectivity index (χ3v) is 8.92. The van der Waals surface area contributed by atoms with Gasteiger partial charge in [-0.1, -0.05) is 72.4 Å². The average molecular weight is 550 g/mol. The molecule has 0 saturated carbocycles. The maximum absolute atomic E-state index is 12.8. The molecular formula is C28H31N5O3S2. The van der Waals surface area contributed by atoms with Crippen molar-refractivity contribution in [3.63, 3.8) is 0 Å². The number of aryl methyl sites for hydroxylation is 2. The molecule has 1 heterocycles. The number of rotatable bonds is 9. The van der Waals surface area contributed by atoms with Crippen LogP contribution in [0.15, 0.2) is 82.8 Å². The smallest absolute Gasteiger partial charge is 0.242 e. The third-order valence-electron chi connectivity index (χ3n) is 6.18. The molecule has 3 aromatic carbocycles. The Hall–Kier alpha value is -3.47. The van der Waals surface area contributed by atoms with Gasteiger partial charge in [-0.25, -0.2) is 12.7 Å². The highest BCUT2D eigenvalue weighted by Gasteiger charge is 2.23. The molecule has 8 nitrogen and oxygen atoms in total. The van der Waals surface area contributed by atoms with Crippen LogP contribution in [0.1, 0.15) is 29.7 Å². The van der Waals surface area contributed by atoms with Gasteiger partial charge in [0.05, 0.1) is 22.4 Å². The van der Waals surface area contributed by atoms with Crippen molar-refractivity contribution in [3.8, 4) is 17.1 Å². The monoisotopic (exact) mass is 549 g/mol. The topological polar surface area (TPSA) is 97.2 Å². The first kappa shape index (κ1) is 27.6. The van der Waals surface area contributed by atoms with Crippen molar-refractivity contribution >= 4 is 27.7 Å². The fourth-order valence-corrected chi connectivity index (χ4v) is 5.85. The van der Waals surface area contributed by atoms with Crippen LogP contribution in [0.3, 0.4) is 0 Å². The molecule has 0 fully saturated rings. The van der Waals surface area contributed by atoms with Crippen LogP contribution in [0.25, 0.3) is 17.1 Å². The molecule has 1 N–H and O–H groups in total. The second-order valence-corrected chi connectivity index (χ2v) is 12.3. The molecule has 0 bridgehead atoms. The van der Waals surface area contributed by atoms with E-state index in [4.69, 9.17) is 0 Å². The minimum Gasteiger partial charge on any atom is -0.349 e. The summed E-state index contributed by atoms with van der Waals surface area (Å²) in [7, 11) is -0.633. The number of carbonyl (C=O) groups is 1. The number of benzene rings is 3. The number of nitrogens with one attached hydrogen (secondary N) is 1. The highest BCUT2D eigenvalue weighted by Crippen LogP contribution is 2.32. The Morgan fingerprint density at radius 1 is 0.974 bits per heavy atom. The molecule has 38 heavy (non-hydrogen) atoms. The zero-order chi connectivity index (χ0) is 27.4. The number of thioether (sulfide) groups is 1. The normalized spacial score (nSPS) is 12.5. The van der Waals surface area contributed by atoms with Gasteiger partial charge < -0.3 is 5.32 Å². The maximum atomic E-state index is 12.8. The van der Waals surface area contributed by atoms with E-state index in [0.717, 1.165) is 22.4 Å². The Morgan fingerprint density at radius 2 is 1.63 bits per heavy atom. The number of aromatic nitrogens is 3. The molecule has 0 saturated heterocycles. The zero-order valence-corrected chi connectivity index (χ0v) is 23.7. The first-order valence-electron chi connectivity index (χ1n) is 12.1. The molecule has 0 aliphatic rings. The molecule has 0 aliphatic carbocycles. The van der Waals surface area contributed by atoms with E-state index in [9.17, 15) is 13.2 Å². The quantitative estimate of drug-likeness (QED) is 0.302. The lowest BCUT2D eigenvalue weighted by Crippen LogP contribution is -2.28. The zero-order valence-electron chi connectivity index (χ0n) is 22.0. The number of nitrogens with zero attached hydrogens (tertiary/aromatic N) is 4. The Bertz CT molecular complexity index is 1530. The summed E-state index contributed by atoms with van der Waals surface area (Å²) in [5.41, 5.74) is 4.55. The van der Waals surface area contributed by atoms with E-state index in [1.165, 1.54) is 30.2 Å². The van der Waals surface area contributed by atoms with Crippen molar-refractivity contribution in [2.24, 2.45) is 0 Å². The lowest BCUT2D eigenvalue weighted by molar-refractivity contribution is -0.119. The van der Waals surface area contributed by atoms with E-state index in [1.807, 2.05) is 79.9 Å². The van der Waals surface area contributed by atoms with E-state index >= 15 is 0 Å². The van der Waals surface area contributed by atoms with E-state index in [-0.39, 0.29) is 22.6 Å². The number of para-hydroxylation sites is 1. The fourth-order valence-electron chi connectivity index (χ4n) is 4.16. The number of sulfonamides is 1. The van der Waals surface area contributed by atoms with E-state index in [2.05, 4.69) is 15.5 Å². The van der Waals surface area contributed by atoms with Crippen LogP contribution in [0.5, 0.6) is 0 Å². The SMILES string of the molecule is Cc1cccc(C)c1-n1c(SCC(=O)NC(C)c2ccccc2)nnc1-c1cccc(S(=O)(=O)N(C)C)c1. The largest absolute Gasteiger partial charge is 0.349 e. The van der Waals surface area contributed by atoms with Gasteiger partial charge in [0.15, 0.2) is 11.0 Å². The molecule has 1 amide bonds. The molecule has 0 aliphatic heterocycles. The minimum atomic E-state index is -3.63. The molecule has 0 radical (unpaired) electrons. The first-order valence-corrected chi connectivity index (χ1v) is 14.5. The van der Waals surface area contributed by atoms with Crippen molar-refractivity contribution in [3.05, 3.63) is 89.5 Å². The number of hydrogen-bond acceptors (Lipinski definition) is 6. The van der Waals surface area contributed by atoms with Crippen molar-refractivity contribution in [1.82, 2.24) is 24.4 Å². The lowest BCUT2D eigenvalue weighted by Gasteiger charge is -2.17. The van der Waals surface area contributed by atoms with Gasteiger partial charge in [-0.15, -0.1) is 10.2 Å². The summed E-state index contributed by atoms with van der Waals surface area (Å²) in [5, 5.41) is 12.5. The summed E-state index contributed by atoms with van der Waals surface area (Å²) in [6, 6.07) is 22.3. The summed E-state index contributed by atoms with van der Waals surface area (Å²) in [4.78, 5) is 13.0. The standard InChI is InChI=1S/C28H31N5O3S2/c1-19-11-9-12-20(2)26(19)33-27(23-15-10-16-24(17-23)38(35,36)32(4)5)30-31-28(33)37-18-25(34)29-21(3)22-13-7-6-8-14-22/h6-17,21H,18H2,1-5H3,(H,29,34). The van der Waals surface area contributed by atoms with Gasteiger partial charge >= 0.3 is 0 Å². The molecule has 10 heteroatoms. The van der Waals surface area contributed by atoms with Crippen LogP contribution in [0, 0.1) is 13.8 Å². The molecule has 4 aromatic rings. The van der Waals surface area contributed by atoms with E-state index < -0.39 is 10.0 Å². The van der Waals surface area contributed by atoms with Crippen LogP contribution in [-0.2, 0) is 14.8 Å². The summed E-state index contributed by atoms with van der Waals surface area (Å²) >= 11 is 1.29. The van der Waals surface area contributed by atoms with Crippen molar-refractivity contribution in [1.29, 1.82) is 0 Å². The minimum absolute atomic E-state index is 0.122. The predicted octanol–water partition coefficient (Wildman–Crippen LogP) is 4.77. The van der Waals surface area contributed by atoms with Crippen LogP contribution < -0.4 is 5.32 Å². The molecule has 0 spiro atoms. The summed E-state index contributed by atoms with van der Waals surface area (Å²) < 4.78 is 28.7. The highest BCUT2D eigenvalue weighted by molar-refractivity contribution is 7.99. The van der Waals surface area contributed by atoms with Crippen molar-refractivity contribution in [2.45, 2.75) is 36.9 Å². The molecule has 1 aromatic heterocycles. The van der Waals surface area contributed by atoms with Gasteiger partial charge in [-0.05, 0) is 49.6 Å². The first-order chi connectivity index (χ1) is 18.1.